The summed E-state index contributed by atoms with van der Waals surface area (Å²) in [4.78, 5) is 0. The Bertz CT molecular complexity index is 123. The molecular weight excluding hydrogens is 165 g/mol. The van der Waals surface area contributed by atoms with E-state index in [-0.39, 0.29) is 0 Å². The third-order valence-corrected chi connectivity index (χ3v) is 0.347. The van der Waals surface area contributed by atoms with Gasteiger partial charge in [-0.05, 0) is 6.07 Å². The van der Waals surface area contributed by atoms with Crippen LogP contribution >= 0.6 is 0 Å². The molecule has 0 spiro atoms. The molecule has 0 fully saturated rings. The first-order valence-corrected chi connectivity index (χ1v) is 3.24. The van der Waals surface area contributed by atoms with E-state index in [1.165, 1.54) is 6.26 Å². The van der Waals surface area contributed by atoms with E-state index in [9.17, 15) is 0 Å². The van der Waals surface area contributed by atoms with E-state index in [1.54, 1.807) is 12.3 Å². The van der Waals surface area contributed by atoms with Crippen LogP contribution in [-0.4, -0.2) is 9.82 Å². The van der Waals surface area contributed by atoms with E-state index in [0.29, 0.717) is 0 Å². The Balaban J connectivity index is 0.000000162. The third kappa shape index (κ3) is 15.7. The van der Waals surface area contributed by atoms with Crippen molar-refractivity contribution in [2.45, 2.75) is 0 Å². The monoisotopic (exact) mass is 169 g/mol. The Morgan fingerprint density at radius 3 is 2.00 bits per heavy atom. The highest BCUT2D eigenvalue weighted by atomic mass is 35.7. The van der Waals surface area contributed by atoms with Crippen LogP contribution < -0.4 is 14.0 Å². The van der Waals surface area contributed by atoms with Gasteiger partial charge in [0.2, 0.25) is 0 Å². The molecule has 0 aliphatic heterocycles. The van der Waals surface area contributed by atoms with Gasteiger partial charge in [0.05, 0.1) is 21.1 Å². The Hall–Kier alpha value is -0.660. The van der Waals surface area contributed by atoms with Gasteiger partial charge in [0.15, 0.2) is 0 Å². The summed E-state index contributed by atoms with van der Waals surface area (Å²) in [7, 11) is -4.69. The zero-order valence-corrected chi connectivity index (χ0v) is 5.39. The highest BCUT2D eigenvalue weighted by Gasteiger charge is 1.98. The normalized spacial score (nSPS) is 10.0. The highest BCUT2D eigenvalue weighted by Crippen LogP contribution is 1.72. The van der Waals surface area contributed by atoms with Crippen LogP contribution in [0.4, 0.5) is 0 Å². The summed E-state index contributed by atoms with van der Waals surface area (Å²) >= 11 is 0. The molecule has 1 rings (SSSR count). The Kier molecular flexibility index (Phi) is 3.93. The topological polar surface area (TPSA) is 115 Å². The van der Waals surface area contributed by atoms with Crippen molar-refractivity contribution in [3.8, 4) is 0 Å². The van der Waals surface area contributed by atoms with Gasteiger partial charge in [0, 0.05) is 0 Å². The number of nitrogens with zero attached hydrogens (tertiary/aromatic N) is 1. The summed E-state index contributed by atoms with van der Waals surface area (Å²) < 4.78 is 37.1. The van der Waals surface area contributed by atoms with Gasteiger partial charge in [-0.15, -0.1) is 0 Å². The molecule has 10 heavy (non-hydrogen) atoms. The molecule has 0 saturated carbocycles. The maximum absolute atomic E-state index is 8.60. The fourth-order valence-corrected chi connectivity index (χ4v) is 0.176. The molecule has 6 nitrogen and oxygen atoms in total. The largest absolute Gasteiger partial charge is 0.365 e. The minimum Gasteiger partial charge on any atom is -0.365 e. The van der Waals surface area contributed by atoms with Gasteiger partial charge in [-0.1, -0.05) is 5.16 Å². The molecule has 0 atom stereocenters. The van der Waals surface area contributed by atoms with Crippen LogP contribution in [-0.2, 0) is 0 Å². The predicted octanol–water partition coefficient (Wildman–Crippen LogP) is -3.45. The van der Waals surface area contributed by atoms with Crippen LogP contribution in [0.3, 0.4) is 0 Å². The van der Waals surface area contributed by atoms with E-state index in [1.807, 2.05) is 0 Å². The molecule has 0 saturated heterocycles. The zero-order valence-electron chi connectivity index (χ0n) is 4.64. The van der Waals surface area contributed by atoms with Crippen molar-refractivity contribution in [3.05, 3.63) is 18.5 Å². The molecule has 1 aromatic rings. The summed E-state index contributed by atoms with van der Waals surface area (Å²) in [5, 5.41) is 3.35. The second kappa shape index (κ2) is 4.20. The molecule has 0 amide bonds. The Morgan fingerprint density at radius 1 is 1.40 bits per heavy atom. The molecule has 0 aromatic carbocycles. The van der Waals surface area contributed by atoms with Crippen molar-refractivity contribution in [1.29, 1.82) is 0 Å². The van der Waals surface area contributed by atoms with E-state index in [4.69, 9.17) is 18.6 Å². The molecule has 1 N–H and O–H groups in total. The van der Waals surface area contributed by atoms with Crippen molar-refractivity contribution >= 4 is 0 Å². The fourth-order valence-electron chi connectivity index (χ4n) is 0.176. The second-order valence-corrected chi connectivity index (χ2v) is 1.88. The average Bonchev–Trinajstić information content (AvgIpc) is 2.07. The lowest BCUT2D eigenvalue weighted by Gasteiger charge is -2.03. The summed E-state index contributed by atoms with van der Waals surface area (Å²) in [5.41, 5.74) is 0. The van der Waals surface area contributed by atoms with Crippen LogP contribution in [0.2, 0.25) is 0 Å². The summed E-state index contributed by atoms with van der Waals surface area (Å²) in [6.45, 7) is 0. The minimum absolute atomic E-state index is 1.51. The standard InChI is InChI=1S/C3H3NO.ClHO4/c1-2-4-5-3-1;2-1(3,4)5/h1-3H;(H,2,3,4,5). The highest BCUT2D eigenvalue weighted by molar-refractivity contribution is 4.67. The SMILES string of the molecule is [O-][Cl+3]([O-])([O-])O.c1cnoc1. The molecule has 7 heteroatoms. The number of halogens is 1. The molecule has 0 radical (unpaired) electrons. The summed E-state index contributed by atoms with van der Waals surface area (Å²) in [6.07, 6.45) is 3.10. The molecule has 0 aliphatic rings. The molecule has 1 heterocycles. The van der Waals surface area contributed by atoms with E-state index >= 15 is 0 Å². The summed E-state index contributed by atoms with van der Waals surface area (Å²) in [5.74, 6) is 0. The lowest BCUT2D eigenvalue weighted by molar-refractivity contribution is -1.92. The van der Waals surface area contributed by atoms with Crippen molar-refractivity contribution < 1.29 is 33.4 Å². The number of aromatic nitrogens is 1. The lowest BCUT2D eigenvalue weighted by atomic mass is 10.8. The van der Waals surface area contributed by atoms with Gasteiger partial charge < -0.3 is 4.52 Å². The lowest BCUT2D eigenvalue weighted by Crippen LogP contribution is -2.58. The van der Waals surface area contributed by atoms with E-state index in [0.717, 1.165) is 0 Å². The van der Waals surface area contributed by atoms with Crippen LogP contribution in [0.1, 0.15) is 0 Å². The Labute approximate surface area is 58.0 Å². The number of hydrogen-bond donors (Lipinski definition) is 1. The third-order valence-electron chi connectivity index (χ3n) is 0.347. The first kappa shape index (κ1) is 9.34. The van der Waals surface area contributed by atoms with Crippen molar-refractivity contribution in [2.75, 3.05) is 0 Å². The molecule has 58 valence electrons. The maximum Gasteiger partial charge on any atom is 0.123 e. The van der Waals surface area contributed by atoms with Gasteiger partial charge in [-0.3, -0.25) is 0 Å². The van der Waals surface area contributed by atoms with Crippen LogP contribution in [0.25, 0.3) is 0 Å². The average molecular weight is 170 g/mol. The van der Waals surface area contributed by atoms with Crippen molar-refractivity contribution in [1.82, 2.24) is 5.16 Å². The Morgan fingerprint density at radius 2 is 1.90 bits per heavy atom. The first-order chi connectivity index (χ1) is 4.50. The molecule has 0 unspecified atom stereocenters. The van der Waals surface area contributed by atoms with Crippen LogP contribution in [0.15, 0.2) is 23.0 Å². The number of rotatable bonds is 0. The minimum atomic E-state index is -4.69. The van der Waals surface area contributed by atoms with Gasteiger partial charge in [-0.25, -0.2) is 0 Å². The van der Waals surface area contributed by atoms with Gasteiger partial charge in [0.1, 0.15) is 6.26 Å². The van der Waals surface area contributed by atoms with Gasteiger partial charge in [-0.2, -0.15) is 14.0 Å². The van der Waals surface area contributed by atoms with Gasteiger partial charge >= 0.3 is 0 Å². The quantitative estimate of drug-likeness (QED) is 0.432. The number of hydrogen-bond acceptors (Lipinski definition) is 6. The second-order valence-electron chi connectivity index (χ2n) is 1.08. The van der Waals surface area contributed by atoms with Crippen molar-refractivity contribution in [2.24, 2.45) is 0 Å². The fraction of sp³-hybridized carbons (Fsp3) is 0. The maximum atomic E-state index is 8.60. The summed E-state index contributed by atoms with van der Waals surface area (Å²) in [6, 6.07) is 1.72. The van der Waals surface area contributed by atoms with E-state index in [2.05, 4.69) is 9.68 Å². The molecule has 1 aromatic heterocycles. The van der Waals surface area contributed by atoms with Crippen LogP contribution in [0, 0.1) is 10.2 Å². The molecular formula is C3H4ClNO5. The van der Waals surface area contributed by atoms with E-state index < -0.39 is 10.2 Å². The zero-order chi connectivity index (χ0) is 8.04. The predicted molar refractivity (Wildman–Crippen MR) is 18.7 cm³/mol. The molecule has 0 aliphatic carbocycles. The van der Waals surface area contributed by atoms with Crippen LogP contribution in [0.5, 0.6) is 0 Å². The van der Waals surface area contributed by atoms with Crippen molar-refractivity contribution in [3.63, 3.8) is 0 Å². The smallest absolute Gasteiger partial charge is 0.123 e. The molecule has 0 bridgehead atoms. The van der Waals surface area contributed by atoms with Gasteiger partial charge in [0.25, 0.3) is 0 Å². The first-order valence-electron chi connectivity index (χ1n) is 1.98.